The van der Waals surface area contributed by atoms with E-state index >= 15 is 0 Å². The van der Waals surface area contributed by atoms with Crippen LogP contribution in [-0.2, 0) is 6.54 Å². The van der Waals surface area contributed by atoms with E-state index in [9.17, 15) is 4.79 Å². The standard InChI is InChI=1S/C17H17N3O/c1-2-18-14-9-10-19-15(11-14)12-20-16-6-4-3-5-13(16)7-8-17(20)21/h3-11H,2,12H2,1H3,(H,18,19). The summed E-state index contributed by atoms with van der Waals surface area (Å²) >= 11 is 0. The van der Waals surface area contributed by atoms with E-state index < -0.39 is 0 Å². The minimum absolute atomic E-state index is 0.00986. The third kappa shape index (κ3) is 2.79. The van der Waals surface area contributed by atoms with Crippen molar-refractivity contribution in [2.75, 3.05) is 11.9 Å². The molecule has 106 valence electrons. The number of anilines is 1. The maximum atomic E-state index is 12.2. The molecule has 0 saturated heterocycles. The lowest BCUT2D eigenvalue weighted by Crippen LogP contribution is -2.20. The Hall–Kier alpha value is -2.62. The third-order valence-corrected chi connectivity index (χ3v) is 3.42. The zero-order valence-corrected chi connectivity index (χ0v) is 11.9. The summed E-state index contributed by atoms with van der Waals surface area (Å²) in [6.45, 7) is 3.38. The van der Waals surface area contributed by atoms with Crippen LogP contribution in [0.4, 0.5) is 5.69 Å². The highest BCUT2D eigenvalue weighted by Gasteiger charge is 2.05. The predicted molar refractivity (Wildman–Crippen MR) is 85.7 cm³/mol. The number of hydrogen-bond acceptors (Lipinski definition) is 3. The first-order chi connectivity index (χ1) is 10.3. The average molecular weight is 279 g/mol. The van der Waals surface area contributed by atoms with Crippen molar-refractivity contribution in [3.8, 4) is 0 Å². The summed E-state index contributed by atoms with van der Waals surface area (Å²) in [6.07, 6.45) is 1.77. The van der Waals surface area contributed by atoms with Crippen molar-refractivity contribution in [2.45, 2.75) is 13.5 Å². The lowest BCUT2D eigenvalue weighted by molar-refractivity contribution is 0.771. The number of para-hydroxylation sites is 1. The van der Waals surface area contributed by atoms with Gasteiger partial charge in [0.25, 0.3) is 5.56 Å². The SMILES string of the molecule is CCNc1ccnc(Cn2c(=O)ccc3ccccc32)c1. The van der Waals surface area contributed by atoms with E-state index in [2.05, 4.69) is 17.2 Å². The van der Waals surface area contributed by atoms with Crippen LogP contribution in [0.5, 0.6) is 0 Å². The van der Waals surface area contributed by atoms with Gasteiger partial charge >= 0.3 is 0 Å². The Bertz CT molecular complexity index is 823. The smallest absolute Gasteiger partial charge is 0.251 e. The van der Waals surface area contributed by atoms with Crippen LogP contribution in [0.25, 0.3) is 10.9 Å². The highest BCUT2D eigenvalue weighted by Crippen LogP contribution is 2.14. The molecule has 0 fully saturated rings. The molecule has 0 bridgehead atoms. The predicted octanol–water partition coefficient (Wildman–Crippen LogP) is 2.88. The second-order valence-electron chi connectivity index (χ2n) is 4.88. The van der Waals surface area contributed by atoms with Crippen LogP contribution >= 0.6 is 0 Å². The van der Waals surface area contributed by atoms with Crippen LogP contribution in [-0.4, -0.2) is 16.1 Å². The molecule has 0 aliphatic heterocycles. The molecule has 0 spiro atoms. The second-order valence-corrected chi connectivity index (χ2v) is 4.88. The van der Waals surface area contributed by atoms with Crippen molar-refractivity contribution in [3.63, 3.8) is 0 Å². The largest absolute Gasteiger partial charge is 0.385 e. The number of hydrogen-bond donors (Lipinski definition) is 1. The summed E-state index contributed by atoms with van der Waals surface area (Å²) < 4.78 is 1.76. The minimum atomic E-state index is -0.00986. The second kappa shape index (κ2) is 5.79. The van der Waals surface area contributed by atoms with E-state index in [1.165, 1.54) is 0 Å². The number of benzene rings is 1. The summed E-state index contributed by atoms with van der Waals surface area (Å²) in [4.78, 5) is 16.5. The molecule has 2 aromatic heterocycles. The van der Waals surface area contributed by atoms with E-state index in [-0.39, 0.29) is 5.56 Å². The van der Waals surface area contributed by atoms with Gasteiger partial charge in [0.2, 0.25) is 0 Å². The molecular formula is C17H17N3O. The Kier molecular flexibility index (Phi) is 3.69. The van der Waals surface area contributed by atoms with Gasteiger partial charge in [-0.05, 0) is 36.6 Å². The first kappa shape index (κ1) is 13.4. The van der Waals surface area contributed by atoms with Crippen molar-refractivity contribution in [1.29, 1.82) is 0 Å². The fourth-order valence-corrected chi connectivity index (χ4v) is 2.45. The Morgan fingerprint density at radius 3 is 2.86 bits per heavy atom. The van der Waals surface area contributed by atoms with Crippen molar-refractivity contribution in [1.82, 2.24) is 9.55 Å². The summed E-state index contributed by atoms with van der Waals surface area (Å²) in [5.41, 5.74) is 2.81. The lowest BCUT2D eigenvalue weighted by atomic mass is 10.2. The molecule has 2 heterocycles. The average Bonchev–Trinajstić information content (AvgIpc) is 2.51. The molecule has 4 heteroatoms. The Balaban J connectivity index is 2.03. The van der Waals surface area contributed by atoms with Crippen molar-refractivity contribution >= 4 is 16.6 Å². The van der Waals surface area contributed by atoms with E-state index in [1.54, 1.807) is 16.8 Å². The van der Waals surface area contributed by atoms with E-state index in [4.69, 9.17) is 0 Å². The van der Waals surface area contributed by atoms with Gasteiger partial charge in [0, 0.05) is 24.5 Å². The molecule has 0 aliphatic rings. The van der Waals surface area contributed by atoms with Crippen LogP contribution < -0.4 is 10.9 Å². The maximum Gasteiger partial charge on any atom is 0.251 e. The van der Waals surface area contributed by atoms with E-state index in [1.807, 2.05) is 42.5 Å². The monoisotopic (exact) mass is 279 g/mol. The Labute approximate surface area is 123 Å². The van der Waals surface area contributed by atoms with Crippen LogP contribution in [0.1, 0.15) is 12.6 Å². The minimum Gasteiger partial charge on any atom is -0.385 e. The van der Waals surface area contributed by atoms with Gasteiger partial charge in [-0.2, -0.15) is 0 Å². The lowest BCUT2D eigenvalue weighted by Gasteiger charge is -2.10. The maximum absolute atomic E-state index is 12.2. The van der Waals surface area contributed by atoms with Gasteiger partial charge in [-0.3, -0.25) is 9.78 Å². The van der Waals surface area contributed by atoms with Gasteiger partial charge in [0.1, 0.15) is 0 Å². The number of nitrogens with one attached hydrogen (secondary N) is 1. The van der Waals surface area contributed by atoms with Gasteiger partial charge in [-0.15, -0.1) is 0 Å². The molecule has 0 amide bonds. The molecular weight excluding hydrogens is 262 g/mol. The number of aromatic nitrogens is 2. The molecule has 0 saturated carbocycles. The number of fused-ring (bicyclic) bond motifs is 1. The van der Waals surface area contributed by atoms with E-state index in [0.29, 0.717) is 6.54 Å². The van der Waals surface area contributed by atoms with Gasteiger partial charge in [-0.1, -0.05) is 18.2 Å². The molecule has 0 aliphatic carbocycles. The molecule has 0 atom stereocenters. The summed E-state index contributed by atoms with van der Waals surface area (Å²) in [5, 5.41) is 4.31. The molecule has 3 aromatic rings. The molecule has 1 aromatic carbocycles. The highest BCUT2D eigenvalue weighted by molar-refractivity contribution is 5.78. The van der Waals surface area contributed by atoms with Gasteiger partial charge in [-0.25, -0.2) is 0 Å². The zero-order valence-electron chi connectivity index (χ0n) is 11.9. The Morgan fingerprint density at radius 2 is 2.00 bits per heavy atom. The van der Waals surface area contributed by atoms with Crippen molar-refractivity contribution in [3.05, 3.63) is 70.8 Å². The number of nitrogens with zero attached hydrogens (tertiary/aromatic N) is 2. The molecule has 3 rings (SSSR count). The first-order valence-corrected chi connectivity index (χ1v) is 7.05. The topological polar surface area (TPSA) is 46.9 Å². The third-order valence-electron chi connectivity index (χ3n) is 3.42. The number of rotatable bonds is 4. The first-order valence-electron chi connectivity index (χ1n) is 7.05. The highest BCUT2D eigenvalue weighted by atomic mass is 16.1. The normalized spacial score (nSPS) is 10.7. The molecule has 0 unspecified atom stereocenters. The van der Waals surface area contributed by atoms with Gasteiger partial charge < -0.3 is 9.88 Å². The van der Waals surface area contributed by atoms with Crippen LogP contribution in [0.2, 0.25) is 0 Å². The van der Waals surface area contributed by atoms with Crippen LogP contribution in [0.15, 0.2) is 59.5 Å². The zero-order chi connectivity index (χ0) is 14.7. The van der Waals surface area contributed by atoms with Crippen LogP contribution in [0.3, 0.4) is 0 Å². The van der Waals surface area contributed by atoms with Crippen LogP contribution in [0, 0.1) is 0 Å². The number of pyridine rings is 2. The molecule has 0 radical (unpaired) electrons. The molecule has 4 nitrogen and oxygen atoms in total. The Morgan fingerprint density at radius 1 is 1.14 bits per heavy atom. The van der Waals surface area contributed by atoms with Gasteiger partial charge in [0.05, 0.1) is 17.8 Å². The molecule has 1 N–H and O–H groups in total. The van der Waals surface area contributed by atoms with Crippen molar-refractivity contribution in [2.24, 2.45) is 0 Å². The summed E-state index contributed by atoms with van der Waals surface area (Å²) in [6, 6.07) is 15.3. The quantitative estimate of drug-likeness (QED) is 0.799. The molecule has 21 heavy (non-hydrogen) atoms. The summed E-state index contributed by atoms with van der Waals surface area (Å²) in [5.74, 6) is 0. The fourth-order valence-electron chi connectivity index (χ4n) is 2.45. The summed E-state index contributed by atoms with van der Waals surface area (Å²) in [7, 11) is 0. The fraction of sp³-hybridized carbons (Fsp3) is 0.176. The van der Waals surface area contributed by atoms with Gasteiger partial charge in [0.15, 0.2) is 0 Å². The van der Waals surface area contributed by atoms with E-state index in [0.717, 1.165) is 28.8 Å². The van der Waals surface area contributed by atoms with Crippen molar-refractivity contribution < 1.29 is 0 Å².